The zero-order valence-electron chi connectivity index (χ0n) is 11.3. The summed E-state index contributed by atoms with van der Waals surface area (Å²) in [5.74, 6) is -1.32. The molecule has 98 valence electrons. The van der Waals surface area contributed by atoms with E-state index in [1.165, 1.54) is 0 Å². The van der Waals surface area contributed by atoms with Crippen molar-refractivity contribution in [3.05, 3.63) is 12.2 Å². The number of allylic oxidation sites excluding steroid dienone is 1. The molecule has 0 saturated heterocycles. The molecule has 0 aromatic carbocycles. The molecule has 0 spiro atoms. The van der Waals surface area contributed by atoms with Gasteiger partial charge in [0.05, 0.1) is 13.2 Å². The van der Waals surface area contributed by atoms with Crippen molar-refractivity contribution in [3.63, 3.8) is 0 Å². The zero-order chi connectivity index (χ0) is 13.5. The summed E-state index contributed by atoms with van der Waals surface area (Å²) in [6.07, 6.45) is 3.24. The van der Waals surface area contributed by atoms with Crippen LogP contribution in [0.2, 0.25) is 0 Å². The van der Waals surface area contributed by atoms with Gasteiger partial charge in [0.25, 0.3) is 0 Å². The molecular weight excluding hydrogens is 220 g/mol. The average Bonchev–Trinajstić information content (AvgIpc) is 2.25. The molecule has 0 rings (SSSR count). The van der Waals surface area contributed by atoms with Crippen LogP contribution in [0, 0.1) is 11.3 Å². The van der Waals surface area contributed by atoms with Gasteiger partial charge >= 0.3 is 11.9 Å². The number of hydrogen-bond acceptors (Lipinski definition) is 4. The van der Waals surface area contributed by atoms with E-state index in [1.807, 2.05) is 0 Å². The molecule has 0 aromatic rings. The topological polar surface area (TPSA) is 52.6 Å². The third-order valence-electron chi connectivity index (χ3n) is 2.57. The fraction of sp³-hybridized carbons (Fsp3) is 0.692. The van der Waals surface area contributed by atoms with Gasteiger partial charge in [-0.05, 0) is 26.7 Å². The van der Waals surface area contributed by atoms with Crippen molar-refractivity contribution in [1.29, 1.82) is 0 Å². The second-order valence-electron chi connectivity index (χ2n) is 3.96. The summed E-state index contributed by atoms with van der Waals surface area (Å²) in [6, 6.07) is 0. The maximum atomic E-state index is 12.0. The fourth-order valence-corrected chi connectivity index (χ4v) is 1.65. The average molecular weight is 242 g/mol. The molecule has 0 heterocycles. The molecular formula is C13H22O4. The lowest BCUT2D eigenvalue weighted by atomic mass is 9.76. The number of rotatable bonds is 6. The van der Waals surface area contributed by atoms with Crippen LogP contribution in [0.3, 0.4) is 0 Å². The number of ether oxygens (including phenoxy) is 2. The number of esters is 2. The second-order valence-corrected chi connectivity index (χ2v) is 3.96. The third kappa shape index (κ3) is 3.32. The Morgan fingerprint density at radius 3 is 1.76 bits per heavy atom. The normalized spacial score (nSPS) is 11.9. The lowest BCUT2D eigenvalue weighted by Crippen LogP contribution is -2.44. The summed E-state index contributed by atoms with van der Waals surface area (Å²) < 4.78 is 10.00. The van der Waals surface area contributed by atoms with E-state index >= 15 is 0 Å². The summed E-state index contributed by atoms with van der Waals surface area (Å²) in [6.45, 7) is 9.26. The smallest absolute Gasteiger partial charge is 0.327 e. The Balaban J connectivity index is 5.42. The molecule has 17 heavy (non-hydrogen) atoms. The SMILES string of the molecule is CC=CC(C(=O)OCC)(C(=O)OCC)C(C)C. The zero-order valence-corrected chi connectivity index (χ0v) is 11.3. The first-order valence-corrected chi connectivity index (χ1v) is 5.95. The molecule has 0 aliphatic heterocycles. The van der Waals surface area contributed by atoms with E-state index < -0.39 is 17.4 Å². The van der Waals surface area contributed by atoms with Crippen molar-refractivity contribution in [3.8, 4) is 0 Å². The minimum atomic E-state index is -1.33. The van der Waals surface area contributed by atoms with Gasteiger partial charge in [0.15, 0.2) is 5.41 Å². The number of carbonyl (C=O) groups is 2. The van der Waals surface area contributed by atoms with Gasteiger partial charge in [-0.3, -0.25) is 9.59 Å². The van der Waals surface area contributed by atoms with Gasteiger partial charge in [-0.1, -0.05) is 26.0 Å². The van der Waals surface area contributed by atoms with E-state index in [1.54, 1.807) is 46.8 Å². The van der Waals surface area contributed by atoms with Crippen molar-refractivity contribution in [2.24, 2.45) is 11.3 Å². The highest BCUT2D eigenvalue weighted by Crippen LogP contribution is 2.33. The summed E-state index contributed by atoms with van der Waals surface area (Å²) in [7, 11) is 0. The highest BCUT2D eigenvalue weighted by molar-refractivity contribution is 6.02. The Labute approximate surface area is 103 Å². The maximum Gasteiger partial charge on any atom is 0.327 e. The predicted octanol–water partition coefficient (Wildman–Crippen LogP) is 2.33. The Hall–Kier alpha value is -1.32. The van der Waals surface area contributed by atoms with Gasteiger partial charge in [0.1, 0.15) is 0 Å². The van der Waals surface area contributed by atoms with Crippen molar-refractivity contribution in [2.75, 3.05) is 13.2 Å². The molecule has 0 bridgehead atoms. The van der Waals surface area contributed by atoms with Gasteiger partial charge in [-0.15, -0.1) is 0 Å². The van der Waals surface area contributed by atoms with Crippen LogP contribution in [0.15, 0.2) is 12.2 Å². The predicted molar refractivity (Wildman–Crippen MR) is 65.4 cm³/mol. The summed E-state index contributed by atoms with van der Waals surface area (Å²) >= 11 is 0. The van der Waals surface area contributed by atoms with Gasteiger partial charge in [-0.25, -0.2) is 0 Å². The van der Waals surface area contributed by atoms with Crippen molar-refractivity contribution in [2.45, 2.75) is 34.6 Å². The molecule has 0 saturated carbocycles. The number of carbonyl (C=O) groups excluding carboxylic acids is 2. The van der Waals surface area contributed by atoms with E-state index in [-0.39, 0.29) is 19.1 Å². The van der Waals surface area contributed by atoms with E-state index in [0.29, 0.717) is 0 Å². The van der Waals surface area contributed by atoms with Crippen LogP contribution >= 0.6 is 0 Å². The van der Waals surface area contributed by atoms with Gasteiger partial charge < -0.3 is 9.47 Å². The van der Waals surface area contributed by atoms with Crippen molar-refractivity contribution < 1.29 is 19.1 Å². The molecule has 0 amide bonds. The van der Waals surface area contributed by atoms with Crippen LogP contribution in [0.1, 0.15) is 34.6 Å². The highest BCUT2D eigenvalue weighted by Gasteiger charge is 2.49. The number of hydrogen-bond donors (Lipinski definition) is 0. The fourth-order valence-electron chi connectivity index (χ4n) is 1.65. The van der Waals surface area contributed by atoms with E-state index in [4.69, 9.17) is 9.47 Å². The van der Waals surface area contributed by atoms with Gasteiger partial charge in [0.2, 0.25) is 0 Å². The first-order valence-electron chi connectivity index (χ1n) is 5.95. The van der Waals surface area contributed by atoms with Crippen molar-refractivity contribution >= 4 is 11.9 Å². The first kappa shape index (κ1) is 15.7. The third-order valence-corrected chi connectivity index (χ3v) is 2.57. The quantitative estimate of drug-likeness (QED) is 0.407. The highest BCUT2D eigenvalue weighted by atomic mass is 16.6. The molecule has 0 aromatic heterocycles. The molecule has 0 N–H and O–H groups in total. The Kier molecular flexibility index (Phi) is 6.54. The van der Waals surface area contributed by atoms with E-state index in [2.05, 4.69) is 0 Å². The molecule has 4 heteroatoms. The van der Waals surface area contributed by atoms with Crippen LogP contribution in [0.5, 0.6) is 0 Å². The first-order chi connectivity index (χ1) is 7.97. The monoisotopic (exact) mass is 242 g/mol. The summed E-state index contributed by atoms with van der Waals surface area (Å²) in [5.41, 5.74) is -1.33. The lowest BCUT2D eigenvalue weighted by molar-refractivity contribution is -0.171. The molecule has 0 unspecified atom stereocenters. The Bertz CT molecular complexity index is 274. The standard InChI is InChI=1S/C13H22O4/c1-6-9-13(10(4)5,11(14)16-7-2)12(15)17-8-3/h6,9-10H,7-8H2,1-5H3. The van der Waals surface area contributed by atoms with Crippen LogP contribution in [-0.4, -0.2) is 25.2 Å². The minimum absolute atomic E-state index is 0.225. The maximum absolute atomic E-state index is 12.0. The van der Waals surface area contributed by atoms with Crippen LogP contribution in [-0.2, 0) is 19.1 Å². The molecule has 0 fully saturated rings. The summed E-state index contributed by atoms with van der Waals surface area (Å²) in [4.78, 5) is 24.1. The molecule has 0 aliphatic carbocycles. The minimum Gasteiger partial charge on any atom is -0.465 e. The molecule has 0 atom stereocenters. The Morgan fingerprint density at radius 1 is 1.12 bits per heavy atom. The van der Waals surface area contributed by atoms with Crippen LogP contribution in [0.4, 0.5) is 0 Å². The Morgan fingerprint density at radius 2 is 1.53 bits per heavy atom. The molecule has 0 aliphatic rings. The lowest BCUT2D eigenvalue weighted by Gasteiger charge is -2.29. The molecule has 4 nitrogen and oxygen atoms in total. The van der Waals surface area contributed by atoms with Crippen molar-refractivity contribution in [1.82, 2.24) is 0 Å². The van der Waals surface area contributed by atoms with Crippen LogP contribution < -0.4 is 0 Å². The van der Waals surface area contributed by atoms with Gasteiger partial charge in [0, 0.05) is 0 Å². The summed E-state index contributed by atoms with van der Waals surface area (Å²) in [5, 5.41) is 0. The largest absolute Gasteiger partial charge is 0.465 e. The second kappa shape index (κ2) is 7.09. The molecule has 0 radical (unpaired) electrons. The van der Waals surface area contributed by atoms with E-state index in [9.17, 15) is 9.59 Å². The van der Waals surface area contributed by atoms with E-state index in [0.717, 1.165) is 0 Å². The van der Waals surface area contributed by atoms with Gasteiger partial charge in [-0.2, -0.15) is 0 Å². The van der Waals surface area contributed by atoms with Crippen LogP contribution in [0.25, 0.3) is 0 Å².